The maximum absolute atomic E-state index is 12.8. The first-order valence-electron chi connectivity index (χ1n) is 4.45. The van der Waals surface area contributed by atoms with Gasteiger partial charge >= 0.3 is 5.97 Å². The number of carboxylic acids is 1. The lowest BCUT2D eigenvalue weighted by Gasteiger charge is -2.26. The highest BCUT2D eigenvalue weighted by Crippen LogP contribution is 2.35. The Labute approximate surface area is 84.9 Å². The number of halogens is 1. The van der Waals surface area contributed by atoms with Crippen LogP contribution >= 0.6 is 0 Å². The topological polar surface area (TPSA) is 66.8 Å². The lowest BCUT2D eigenvalue weighted by molar-refractivity contribution is -0.147. The van der Waals surface area contributed by atoms with Crippen molar-refractivity contribution in [2.75, 3.05) is 0 Å². The average Bonchev–Trinajstić information content (AvgIpc) is 2.16. The first kappa shape index (κ1) is 9.92. The summed E-state index contributed by atoms with van der Waals surface area (Å²) in [6.07, 6.45) is -2.06. The number of benzene rings is 1. The largest absolute Gasteiger partial charge is 0.479 e. The molecule has 0 aliphatic carbocycles. The zero-order valence-corrected chi connectivity index (χ0v) is 7.68. The zero-order valence-electron chi connectivity index (χ0n) is 7.68. The molecule has 0 amide bonds. The molecule has 0 saturated carbocycles. The molecular weight excluding hydrogens is 203 g/mol. The van der Waals surface area contributed by atoms with E-state index in [1.807, 2.05) is 0 Å². The van der Waals surface area contributed by atoms with Crippen LogP contribution in [0.15, 0.2) is 18.2 Å². The third-order valence-electron chi connectivity index (χ3n) is 2.32. The van der Waals surface area contributed by atoms with Crippen molar-refractivity contribution in [3.63, 3.8) is 0 Å². The van der Waals surface area contributed by atoms with Crippen LogP contribution in [0.4, 0.5) is 4.39 Å². The van der Waals surface area contributed by atoms with E-state index in [1.165, 1.54) is 12.1 Å². The van der Waals surface area contributed by atoms with E-state index in [0.717, 1.165) is 6.07 Å². The molecule has 1 aliphatic heterocycles. The number of aliphatic hydroxyl groups excluding tert-OH is 1. The Bertz CT molecular complexity index is 404. The quantitative estimate of drug-likeness (QED) is 0.731. The second kappa shape index (κ2) is 3.51. The Balaban J connectivity index is 2.37. The molecule has 0 aromatic heterocycles. The molecule has 2 atom stereocenters. The minimum atomic E-state index is -1.16. The third kappa shape index (κ3) is 1.78. The van der Waals surface area contributed by atoms with E-state index < -0.39 is 24.0 Å². The Morgan fingerprint density at radius 1 is 1.53 bits per heavy atom. The number of rotatable bonds is 1. The van der Waals surface area contributed by atoms with E-state index in [-0.39, 0.29) is 12.2 Å². The molecule has 1 aliphatic rings. The van der Waals surface area contributed by atoms with Crippen molar-refractivity contribution in [1.82, 2.24) is 0 Å². The van der Waals surface area contributed by atoms with E-state index >= 15 is 0 Å². The molecule has 2 N–H and O–H groups in total. The lowest BCUT2D eigenvalue weighted by atomic mass is 9.99. The van der Waals surface area contributed by atoms with E-state index in [1.54, 1.807) is 0 Å². The molecule has 15 heavy (non-hydrogen) atoms. The maximum Gasteiger partial charge on any atom is 0.345 e. The summed E-state index contributed by atoms with van der Waals surface area (Å²) in [6.45, 7) is 0. The minimum absolute atomic E-state index is 0.0199. The van der Waals surface area contributed by atoms with Crippen LogP contribution in [0.2, 0.25) is 0 Å². The van der Waals surface area contributed by atoms with Gasteiger partial charge in [0.05, 0.1) is 6.10 Å². The summed E-state index contributed by atoms with van der Waals surface area (Å²) in [5.41, 5.74) is 0.425. The van der Waals surface area contributed by atoms with Gasteiger partial charge in [-0.2, -0.15) is 0 Å². The number of hydrogen-bond acceptors (Lipinski definition) is 3. The smallest absolute Gasteiger partial charge is 0.345 e. The summed E-state index contributed by atoms with van der Waals surface area (Å²) in [6, 6.07) is 3.67. The molecule has 4 nitrogen and oxygen atoms in total. The predicted molar refractivity (Wildman–Crippen MR) is 48.0 cm³/mol. The molecular formula is C10H9FO4. The van der Waals surface area contributed by atoms with Crippen LogP contribution in [-0.4, -0.2) is 22.3 Å². The third-order valence-corrected chi connectivity index (χ3v) is 2.32. The predicted octanol–water partition coefficient (Wildman–Crippen LogP) is 1.09. The number of ether oxygens (including phenoxy) is 1. The van der Waals surface area contributed by atoms with Crippen LogP contribution in [0.1, 0.15) is 18.1 Å². The second-order valence-corrected chi connectivity index (χ2v) is 3.38. The van der Waals surface area contributed by atoms with Crippen LogP contribution in [0, 0.1) is 5.82 Å². The van der Waals surface area contributed by atoms with Crippen molar-refractivity contribution in [2.45, 2.75) is 18.6 Å². The lowest BCUT2D eigenvalue weighted by Crippen LogP contribution is -2.32. The van der Waals surface area contributed by atoms with Crippen molar-refractivity contribution in [2.24, 2.45) is 0 Å². The highest BCUT2D eigenvalue weighted by molar-refractivity contribution is 5.73. The highest BCUT2D eigenvalue weighted by atomic mass is 19.1. The van der Waals surface area contributed by atoms with Crippen molar-refractivity contribution in [3.8, 4) is 5.75 Å². The fourth-order valence-corrected chi connectivity index (χ4v) is 1.57. The van der Waals surface area contributed by atoms with Gasteiger partial charge in [-0.05, 0) is 12.1 Å². The molecule has 1 aromatic carbocycles. The molecule has 1 aromatic rings. The highest BCUT2D eigenvalue weighted by Gasteiger charge is 2.31. The average molecular weight is 212 g/mol. The van der Waals surface area contributed by atoms with Gasteiger partial charge in [-0.3, -0.25) is 0 Å². The number of fused-ring (bicyclic) bond motifs is 1. The second-order valence-electron chi connectivity index (χ2n) is 3.38. The fourth-order valence-electron chi connectivity index (χ4n) is 1.57. The Morgan fingerprint density at radius 3 is 2.93 bits per heavy atom. The number of carbonyl (C=O) groups is 1. The first-order chi connectivity index (χ1) is 7.08. The van der Waals surface area contributed by atoms with E-state index in [2.05, 4.69) is 0 Å². The Kier molecular flexibility index (Phi) is 2.32. The van der Waals surface area contributed by atoms with Crippen LogP contribution in [0.3, 0.4) is 0 Å². The Morgan fingerprint density at radius 2 is 2.27 bits per heavy atom. The molecule has 0 bridgehead atoms. The molecule has 0 unspecified atom stereocenters. The molecule has 0 spiro atoms. The molecule has 0 saturated heterocycles. The van der Waals surface area contributed by atoms with Gasteiger partial charge in [-0.25, -0.2) is 9.18 Å². The first-order valence-corrected chi connectivity index (χ1v) is 4.45. The number of aliphatic hydroxyl groups is 1. The van der Waals surface area contributed by atoms with Crippen LogP contribution in [0.25, 0.3) is 0 Å². The monoisotopic (exact) mass is 212 g/mol. The zero-order chi connectivity index (χ0) is 11.0. The van der Waals surface area contributed by atoms with Gasteiger partial charge in [0, 0.05) is 18.1 Å². The summed E-state index contributed by atoms with van der Waals surface area (Å²) in [4.78, 5) is 10.7. The Hall–Kier alpha value is -1.62. The molecule has 1 heterocycles. The summed E-state index contributed by atoms with van der Waals surface area (Å²) in [7, 11) is 0. The molecule has 80 valence electrons. The summed E-state index contributed by atoms with van der Waals surface area (Å²) in [5, 5.41) is 18.3. The number of aliphatic carboxylic acids is 1. The van der Waals surface area contributed by atoms with Crippen molar-refractivity contribution in [3.05, 3.63) is 29.6 Å². The summed E-state index contributed by atoms with van der Waals surface area (Å²) >= 11 is 0. The molecule has 0 fully saturated rings. The van der Waals surface area contributed by atoms with Crippen LogP contribution < -0.4 is 4.74 Å². The van der Waals surface area contributed by atoms with Gasteiger partial charge in [0.15, 0.2) is 6.10 Å². The van der Waals surface area contributed by atoms with Gasteiger partial charge in [-0.1, -0.05) is 0 Å². The van der Waals surface area contributed by atoms with Crippen molar-refractivity contribution in [1.29, 1.82) is 0 Å². The van der Waals surface area contributed by atoms with Gasteiger partial charge in [-0.15, -0.1) is 0 Å². The SMILES string of the molecule is O=C(O)[C@@H]1C[C@H](O)c2ccc(F)cc2O1. The molecule has 2 rings (SSSR count). The van der Waals surface area contributed by atoms with Crippen LogP contribution in [0.5, 0.6) is 5.75 Å². The van der Waals surface area contributed by atoms with E-state index in [4.69, 9.17) is 9.84 Å². The number of hydrogen-bond donors (Lipinski definition) is 2. The van der Waals surface area contributed by atoms with Gasteiger partial charge < -0.3 is 14.9 Å². The minimum Gasteiger partial charge on any atom is -0.479 e. The molecule has 5 heteroatoms. The normalized spacial score (nSPS) is 24.1. The van der Waals surface area contributed by atoms with E-state index in [9.17, 15) is 14.3 Å². The van der Waals surface area contributed by atoms with Gasteiger partial charge in [0.2, 0.25) is 0 Å². The summed E-state index contributed by atoms with van der Waals surface area (Å²) in [5.74, 6) is -1.59. The van der Waals surface area contributed by atoms with Gasteiger partial charge in [0.1, 0.15) is 11.6 Å². The summed E-state index contributed by atoms with van der Waals surface area (Å²) < 4.78 is 17.9. The van der Waals surface area contributed by atoms with Gasteiger partial charge in [0.25, 0.3) is 0 Å². The number of carboxylic acid groups (broad SMARTS) is 1. The van der Waals surface area contributed by atoms with E-state index in [0.29, 0.717) is 5.56 Å². The van der Waals surface area contributed by atoms with Crippen molar-refractivity contribution >= 4 is 5.97 Å². The van der Waals surface area contributed by atoms with Crippen molar-refractivity contribution < 1.29 is 24.1 Å². The van der Waals surface area contributed by atoms with Crippen LogP contribution in [-0.2, 0) is 4.79 Å². The maximum atomic E-state index is 12.8. The fraction of sp³-hybridized carbons (Fsp3) is 0.300. The standard InChI is InChI=1S/C10H9FO4/c11-5-1-2-6-7(12)4-9(10(13)14)15-8(6)3-5/h1-3,7,9,12H,4H2,(H,13,14)/t7-,9-/m0/s1. The molecule has 0 radical (unpaired) electrons.